The number of benzene rings is 1. The fraction of sp³-hybridized carbons (Fsp3) is 0.176. The lowest BCUT2D eigenvalue weighted by Gasteiger charge is -2.07. The van der Waals surface area contributed by atoms with Gasteiger partial charge in [-0.05, 0) is 25.1 Å². The molecule has 0 aliphatic carbocycles. The van der Waals surface area contributed by atoms with Crippen LogP contribution in [0, 0.1) is 10.1 Å². The zero-order chi connectivity index (χ0) is 19.2. The molecule has 0 atom stereocenters. The zero-order valence-electron chi connectivity index (χ0n) is 14.4. The first-order valence-corrected chi connectivity index (χ1v) is 9.07. The van der Waals surface area contributed by atoms with Crippen molar-refractivity contribution < 1.29 is 9.72 Å². The number of hydrogen-bond donors (Lipinski definition) is 1. The molecule has 1 N–H and O–H groups in total. The summed E-state index contributed by atoms with van der Waals surface area (Å²) in [4.78, 5) is 26.6. The van der Waals surface area contributed by atoms with Gasteiger partial charge in [0.1, 0.15) is 0 Å². The van der Waals surface area contributed by atoms with E-state index in [-0.39, 0.29) is 17.3 Å². The summed E-state index contributed by atoms with van der Waals surface area (Å²) in [6.07, 6.45) is 3.39. The summed E-state index contributed by atoms with van der Waals surface area (Å²) in [6.45, 7) is 2.61. The number of aromatic nitrogens is 4. The molecule has 0 aliphatic heterocycles. The average Bonchev–Trinajstić information content (AvgIpc) is 3.10. The lowest BCUT2D eigenvalue weighted by molar-refractivity contribution is -0.384. The Kier molecular flexibility index (Phi) is 5.77. The van der Waals surface area contributed by atoms with Crippen LogP contribution in [0.1, 0.15) is 6.92 Å². The van der Waals surface area contributed by atoms with Crippen LogP contribution in [0.2, 0.25) is 0 Å². The van der Waals surface area contributed by atoms with Crippen molar-refractivity contribution in [2.75, 3.05) is 11.1 Å². The third kappa shape index (κ3) is 4.47. The van der Waals surface area contributed by atoms with Crippen LogP contribution in [0.15, 0.2) is 53.9 Å². The van der Waals surface area contributed by atoms with Gasteiger partial charge in [-0.2, -0.15) is 0 Å². The molecule has 0 unspecified atom stereocenters. The van der Waals surface area contributed by atoms with Gasteiger partial charge in [-0.25, -0.2) is 0 Å². The highest BCUT2D eigenvalue weighted by molar-refractivity contribution is 7.99. The Morgan fingerprint density at radius 2 is 2.15 bits per heavy atom. The minimum Gasteiger partial charge on any atom is -0.325 e. The zero-order valence-corrected chi connectivity index (χ0v) is 15.2. The lowest BCUT2D eigenvalue weighted by atomic mass is 10.3. The van der Waals surface area contributed by atoms with E-state index in [4.69, 9.17) is 0 Å². The molecule has 0 bridgehead atoms. The van der Waals surface area contributed by atoms with E-state index in [9.17, 15) is 14.9 Å². The highest BCUT2D eigenvalue weighted by atomic mass is 32.2. The van der Waals surface area contributed by atoms with E-state index in [1.165, 1.54) is 30.0 Å². The number of amides is 1. The van der Waals surface area contributed by atoms with Gasteiger partial charge in [0, 0.05) is 42.3 Å². The van der Waals surface area contributed by atoms with E-state index in [2.05, 4.69) is 20.5 Å². The molecule has 0 saturated heterocycles. The fourth-order valence-electron chi connectivity index (χ4n) is 2.41. The number of nitrogens with zero attached hydrogens (tertiary/aromatic N) is 5. The maximum Gasteiger partial charge on any atom is 0.271 e. The van der Waals surface area contributed by atoms with Crippen LogP contribution >= 0.6 is 11.8 Å². The maximum atomic E-state index is 12.2. The number of nitrogens with one attached hydrogen (secondary N) is 1. The molecule has 27 heavy (non-hydrogen) atoms. The highest BCUT2D eigenvalue weighted by Gasteiger charge is 2.15. The number of carbonyl (C=O) groups is 1. The van der Waals surface area contributed by atoms with Crippen LogP contribution in [0.5, 0.6) is 0 Å². The molecule has 3 aromatic rings. The molecule has 3 rings (SSSR count). The van der Waals surface area contributed by atoms with Gasteiger partial charge in [-0.15, -0.1) is 10.2 Å². The molecule has 0 spiro atoms. The van der Waals surface area contributed by atoms with Crippen molar-refractivity contribution in [1.29, 1.82) is 0 Å². The van der Waals surface area contributed by atoms with Crippen LogP contribution in [-0.4, -0.2) is 36.3 Å². The molecule has 0 fully saturated rings. The summed E-state index contributed by atoms with van der Waals surface area (Å²) in [7, 11) is 0. The Morgan fingerprint density at radius 1 is 1.30 bits per heavy atom. The van der Waals surface area contributed by atoms with Gasteiger partial charge in [0.2, 0.25) is 5.91 Å². The van der Waals surface area contributed by atoms with Crippen LogP contribution in [0.25, 0.3) is 11.4 Å². The maximum absolute atomic E-state index is 12.2. The Labute approximate surface area is 159 Å². The van der Waals surface area contributed by atoms with E-state index >= 15 is 0 Å². The first-order valence-electron chi connectivity index (χ1n) is 8.09. The lowest BCUT2D eigenvalue weighted by Crippen LogP contribution is -2.14. The third-order valence-electron chi connectivity index (χ3n) is 3.63. The topological polar surface area (TPSA) is 116 Å². The standard InChI is InChI=1S/C17H16N6O3S/c1-2-22-16(12-5-4-8-18-10-12)20-21-17(22)27-11-15(24)19-13-6-3-7-14(9-13)23(25)26/h3-10H,2,11H2,1H3,(H,19,24). The van der Waals surface area contributed by atoms with Gasteiger partial charge in [0.15, 0.2) is 11.0 Å². The molecule has 138 valence electrons. The summed E-state index contributed by atoms with van der Waals surface area (Å²) < 4.78 is 1.91. The molecule has 0 saturated carbocycles. The second-order valence-corrected chi connectivity index (χ2v) is 6.38. The van der Waals surface area contributed by atoms with Gasteiger partial charge in [-0.1, -0.05) is 17.8 Å². The number of thioether (sulfide) groups is 1. The predicted molar refractivity (Wildman–Crippen MR) is 101 cm³/mol. The van der Waals surface area contributed by atoms with Crippen LogP contribution in [0.3, 0.4) is 0 Å². The smallest absolute Gasteiger partial charge is 0.271 e. The number of rotatable bonds is 7. The largest absolute Gasteiger partial charge is 0.325 e. The van der Waals surface area contributed by atoms with Crippen molar-refractivity contribution in [3.8, 4) is 11.4 Å². The highest BCUT2D eigenvalue weighted by Crippen LogP contribution is 2.24. The second-order valence-electron chi connectivity index (χ2n) is 5.44. The fourth-order valence-corrected chi connectivity index (χ4v) is 3.22. The Morgan fingerprint density at radius 3 is 2.85 bits per heavy atom. The molecular weight excluding hydrogens is 368 g/mol. The first kappa shape index (κ1) is 18.5. The van der Waals surface area contributed by atoms with E-state index in [1.807, 2.05) is 23.6 Å². The van der Waals surface area contributed by atoms with E-state index in [0.717, 1.165) is 5.56 Å². The Balaban J connectivity index is 1.66. The number of pyridine rings is 1. The van der Waals surface area contributed by atoms with E-state index in [0.29, 0.717) is 23.2 Å². The first-order chi connectivity index (χ1) is 13.1. The average molecular weight is 384 g/mol. The Hall–Kier alpha value is -3.27. The molecular formula is C17H16N6O3S. The van der Waals surface area contributed by atoms with Gasteiger partial charge < -0.3 is 9.88 Å². The second kappa shape index (κ2) is 8.41. The Bertz CT molecular complexity index is 960. The number of anilines is 1. The molecule has 9 nitrogen and oxygen atoms in total. The van der Waals surface area contributed by atoms with Gasteiger partial charge >= 0.3 is 0 Å². The summed E-state index contributed by atoms with van der Waals surface area (Å²) in [5.74, 6) is 0.509. The number of hydrogen-bond acceptors (Lipinski definition) is 7. The summed E-state index contributed by atoms with van der Waals surface area (Å²) in [6, 6.07) is 9.53. The molecule has 1 aromatic carbocycles. The van der Waals surface area contributed by atoms with Crippen molar-refractivity contribution in [3.63, 3.8) is 0 Å². The molecule has 10 heteroatoms. The van der Waals surface area contributed by atoms with Crippen LogP contribution in [-0.2, 0) is 11.3 Å². The number of nitro benzene ring substituents is 1. The van der Waals surface area contributed by atoms with Gasteiger partial charge in [-0.3, -0.25) is 19.9 Å². The summed E-state index contributed by atoms with van der Waals surface area (Å²) in [5.41, 5.74) is 1.15. The molecule has 2 heterocycles. The summed E-state index contributed by atoms with van der Waals surface area (Å²) in [5, 5.41) is 22.4. The van der Waals surface area contributed by atoms with Crippen molar-refractivity contribution in [2.45, 2.75) is 18.6 Å². The molecule has 0 aliphatic rings. The monoisotopic (exact) mass is 384 g/mol. The SMILES string of the molecule is CCn1c(SCC(=O)Nc2cccc([N+](=O)[O-])c2)nnc1-c1cccnc1. The van der Waals surface area contributed by atoms with Crippen molar-refractivity contribution in [3.05, 3.63) is 58.9 Å². The minimum atomic E-state index is -0.506. The van der Waals surface area contributed by atoms with E-state index < -0.39 is 4.92 Å². The number of nitro groups is 1. The molecule has 1 amide bonds. The number of carbonyl (C=O) groups excluding carboxylic acids is 1. The number of non-ortho nitro benzene ring substituents is 1. The van der Waals surface area contributed by atoms with Crippen LogP contribution < -0.4 is 5.32 Å². The van der Waals surface area contributed by atoms with Crippen LogP contribution in [0.4, 0.5) is 11.4 Å². The van der Waals surface area contributed by atoms with Crippen molar-refractivity contribution in [2.24, 2.45) is 0 Å². The quantitative estimate of drug-likeness (QED) is 0.378. The third-order valence-corrected chi connectivity index (χ3v) is 4.59. The van der Waals surface area contributed by atoms with Gasteiger partial charge in [0.25, 0.3) is 5.69 Å². The summed E-state index contributed by atoms with van der Waals surface area (Å²) >= 11 is 1.25. The minimum absolute atomic E-state index is 0.0766. The molecule has 0 radical (unpaired) electrons. The molecule has 2 aromatic heterocycles. The van der Waals surface area contributed by atoms with E-state index in [1.54, 1.807) is 18.5 Å². The van der Waals surface area contributed by atoms with Crippen molar-refractivity contribution in [1.82, 2.24) is 19.7 Å². The predicted octanol–water partition coefficient (Wildman–Crippen LogP) is 3.00. The van der Waals surface area contributed by atoms with Gasteiger partial charge in [0.05, 0.1) is 10.7 Å². The normalized spacial score (nSPS) is 10.6. The van der Waals surface area contributed by atoms with Crippen molar-refractivity contribution >= 4 is 29.0 Å².